The van der Waals surface area contributed by atoms with E-state index in [2.05, 4.69) is 33.9 Å². The molecule has 21 heavy (non-hydrogen) atoms. The van der Waals surface area contributed by atoms with Gasteiger partial charge in [-0.25, -0.2) is 4.79 Å². The average Bonchev–Trinajstić information content (AvgIpc) is 2.36. The molecule has 0 atom stereocenters. The summed E-state index contributed by atoms with van der Waals surface area (Å²) in [4.78, 5) is 22.9. The number of hydrogen-bond acceptors (Lipinski definition) is 4. The third-order valence-electron chi connectivity index (χ3n) is 3.80. The van der Waals surface area contributed by atoms with Gasteiger partial charge in [0.05, 0.1) is 12.1 Å². The van der Waals surface area contributed by atoms with Crippen LogP contribution in [0.25, 0.3) is 0 Å². The van der Waals surface area contributed by atoms with Crippen LogP contribution in [0, 0.1) is 0 Å². The van der Waals surface area contributed by atoms with Gasteiger partial charge in [0.2, 0.25) is 0 Å². The van der Waals surface area contributed by atoms with Crippen molar-refractivity contribution in [2.75, 3.05) is 7.11 Å². The normalized spacial score (nSPS) is 12.0. The van der Waals surface area contributed by atoms with Gasteiger partial charge >= 0.3 is 5.97 Å². The van der Waals surface area contributed by atoms with Gasteiger partial charge in [0.1, 0.15) is 11.3 Å². The first-order valence-electron chi connectivity index (χ1n) is 6.59. The molecule has 0 radical (unpaired) electrons. The Labute approximate surface area is 131 Å². The van der Waals surface area contributed by atoms with Crippen molar-refractivity contribution in [3.05, 3.63) is 28.3 Å². The van der Waals surface area contributed by atoms with E-state index in [0.717, 1.165) is 0 Å². The van der Waals surface area contributed by atoms with Gasteiger partial charge in [0, 0.05) is 5.56 Å². The molecule has 0 N–H and O–H groups in total. The number of esters is 1. The Morgan fingerprint density at radius 1 is 1.29 bits per heavy atom. The van der Waals surface area contributed by atoms with Crippen molar-refractivity contribution >= 4 is 32.2 Å². The number of aldehydes is 1. The van der Waals surface area contributed by atoms with Gasteiger partial charge in [-0.3, -0.25) is 4.79 Å². The molecule has 1 rings (SSSR count). The molecule has 116 valence electrons. The summed E-state index contributed by atoms with van der Waals surface area (Å²) in [7, 11) is -0.856. The number of carbonyl (C=O) groups excluding carboxylic acids is 2. The topological polar surface area (TPSA) is 52.6 Å². The molecule has 0 aliphatic rings. The Kier molecular flexibility index (Phi) is 5.23. The molecule has 0 aliphatic heterocycles. The fraction of sp³-hybridized carbons (Fsp3) is 0.467. The molecule has 4 nitrogen and oxygen atoms in total. The molecule has 1 aromatic rings. The summed E-state index contributed by atoms with van der Waals surface area (Å²) in [5.74, 6) is -0.187. The molecular formula is C15H21ClO4Si. The zero-order chi connectivity index (χ0) is 16.4. The summed E-state index contributed by atoms with van der Waals surface area (Å²) in [5, 5.41) is 0.224. The predicted molar refractivity (Wildman–Crippen MR) is 86.0 cm³/mol. The number of ether oxygens (including phenoxy) is 1. The Hall–Kier alpha value is -1.33. The average molecular weight is 329 g/mol. The first kappa shape index (κ1) is 17.7. The number of benzene rings is 1. The highest BCUT2D eigenvalue weighted by Gasteiger charge is 2.39. The quantitative estimate of drug-likeness (QED) is 0.469. The van der Waals surface area contributed by atoms with Gasteiger partial charge in [-0.2, -0.15) is 0 Å². The summed E-state index contributed by atoms with van der Waals surface area (Å²) in [6.45, 7) is 10.4. The molecular weight excluding hydrogens is 308 g/mol. The predicted octanol–water partition coefficient (Wildman–Crippen LogP) is 4.32. The number of rotatable bonds is 4. The molecule has 0 saturated heterocycles. The van der Waals surface area contributed by atoms with Crippen LogP contribution in [-0.4, -0.2) is 27.7 Å². The van der Waals surface area contributed by atoms with Crippen molar-refractivity contribution < 1.29 is 18.8 Å². The highest BCUT2D eigenvalue weighted by molar-refractivity contribution is 6.74. The molecule has 0 aliphatic carbocycles. The number of methoxy groups -OCH3 is 1. The molecule has 6 heteroatoms. The number of carbonyl (C=O) groups is 2. The minimum atomic E-state index is -2.14. The fourth-order valence-electron chi connectivity index (χ4n) is 1.44. The lowest BCUT2D eigenvalue weighted by Crippen LogP contribution is -2.44. The lowest BCUT2D eigenvalue weighted by atomic mass is 10.1. The van der Waals surface area contributed by atoms with Crippen molar-refractivity contribution in [1.82, 2.24) is 0 Å². The molecule has 0 spiro atoms. The first-order chi connectivity index (χ1) is 9.53. The lowest BCUT2D eigenvalue weighted by molar-refractivity contribution is 0.0598. The molecule has 0 amide bonds. The second-order valence-corrected chi connectivity index (χ2v) is 11.5. The standard InChI is InChI=1S/C15H21ClO4Si/c1-15(2,3)21(5,6)20-13-8-12(16)10(9-17)7-11(13)14(18)19-4/h7-9H,1-6H3. The molecule has 0 saturated carbocycles. The van der Waals surface area contributed by atoms with Crippen LogP contribution in [0.2, 0.25) is 23.2 Å². The molecule has 0 heterocycles. The number of hydrogen-bond donors (Lipinski definition) is 0. The van der Waals surface area contributed by atoms with E-state index in [1.54, 1.807) is 0 Å². The third kappa shape index (κ3) is 3.86. The maximum absolute atomic E-state index is 11.9. The van der Waals surface area contributed by atoms with Crippen LogP contribution < -0.4 is 4.43 Å². The Balaban J connectivity index is 3.38. The van der Waals surface area contributed by atoms with Crippen LogP contribution in [0.15, 0.2) is 12.1 Å². The van der Waals surface area contributed by atoms with E-state index in [4.69, 9.17) is 20.8 Å². The van der Waals surface area contributed by atoms with E-state index < -0.39 is 14.3 Å². The van der Waals surface area contributed by atoms with Gasteiger partial charge in [-0.15, -0.1) is 0 Å². The zero-order valence-electron chi connectivity index (χ0n) is 13.2. The van der Waals surface area contributed by atoms with Crippen LogP contribution in [0.3, 0.4) is 0 Å². The first-order valence-corrected chi connectivity index (χ1v) is 9.88. The smallest absolute Gasteiger partial charge is 0.341 e. The van der Waals surface area contributed by atoms with Crippen molar-refractivity contribution in [2.45, 2.75) is 38.9 Å². The highest BCUT2D eigenvalue weighted by atomic mass is 35.5. The second-order valence-electron chi connectivity index (χ2n) is 6.34. The van der Waals surface area contributed by atoms with Gasteiger partial charge in [-0.1, -0.05) is 32.4 Å². The molecule has 0 unspecified atom stereocenters. The second kappa shape index (κ2) is 6.20. The third-order valence-corrected chi connectivity index (χ3v) is 8.47. The van der Waals surface area contributed by atoms with Crippen LogP contribution in [0.4, 0.5) is 0 Å². The van der Waals surface area contributed by atoms with Gasteiger partial charge in [0.15, 0.2) is 6.29 Å². The van der Waals surface area contributed by atoms with E-state index in [-0.39, 0.29) is 21.2 Å². The zero-order valence-corrected chi connectivity index (χ0v) is 15.0. The van der Waals surface area contributed by atoms with Crippen molar-refractivity contribution in [1.29, 1.82) is 0 Å². The Morgan fingerprint density at radius 3 is 2.29 bits per heavy atom. The minimum absolute atomic E-state index is 0.0316. The van der Waals surface area contributed by atoms with Gasteiger partial charge in [0.25, 0.3) is 8.32 Å². The summed E-state index contributed by atoms with van der Waals surface area (Å²) in [6.07, 6.45) is 0.602. The van der Waals surface area contributed by atoms with E-state index in [1.165, 1.54) is 19.2 Å². The maximum atomic E-state index is 11.9. The SMILES string of the molecule is COC(=O)c1cc(C=O)c(Cl)cc1O[Si](C)(C)C(C)(C)C. The van der Waals surface area contributed by atoms with Crippen LogP contribution in [-0.2, 0) is 4.74 Å². The van der Waals surface area contributed by atoms with E-state index in [0.29, 0.717) is 12.0 Å². The largest absolute Gasteiger partial charge is 0.543 e. The minimum Gasteiger partial charge on any atom is -0.543 e. The van der Waals surface area contributed by atoms with Crippen molar-refractivity contribution in [3.63, 3.8) is 0 Å². The van der Waals surface area contributed by atoms with E-state index >= 15 is 0 Å². The summed E-state index contributed by atoms with van der Waals surface area (Å²) in [6, 6.07) is 2.92. The van der Waals surface area contributed by atoms with Crippen molar-refractivity contribution in [3.8, 4) is 5.75 Å². The van der Waals surface area contributed by atoms with E-state index in [9.17, 15) is 9.59 Å². The Morgan fingerprint density at radius 2 is 1.86 bits per heavy atom. The van der Waals surface area contributed by atoms with Crippen LogP contribution in [0.1, 0.15) is 41.5 Å². The fourth-order valence-corrected chi connectivity index (χ4v) is 2.67. The molecule has 1 aromatic carbocycles. The molecule has 0 fully saturated rings. The number of halogens is 1. The monoisotopic (exact) mass is 328 g/mol. The maximum Gasteiger partial charge on any atom is 0.341 e. The Bertz CT molecular complexity index is 562. The van der Waals surface area contributed by atoms with Crippen molar-refractivity contribution in [2.24, 2.45) is 0 Å². The van der Waals surface area contributed by atoms with E-state index in [1.807, 2.05) is 0 Å². The molecule has 0 aromatic heterocycles. The molecule has 0 bridgehead atoms. The van der Waals surface area contributed by atoms with Gasteiger partial charge < -0.3 is 9.16 Å². The summed E-state index contributed by atoms with van der Waals surface area (Å²) >= 11 is 6.04. The summed E-state index contributed by atoms with van der Waals surface area (Å²) in [5.41, 5.74) is 0.452. The highest BCUT2D eigenvalue weighted by Crippen LogP contribution is 2.39. The van der Waals surface area contributed by atoms with Gasteiger partial charge in [-0.05, 0) is 30.3 Å². The van der Waals surface area contributed by atoms with Crippen LogP contribution >= 0.6 is 11.6 Å². The lowest BCUT2D eigenvalue weighted by Gasteiger charge is -2.37. The summed E-state index contributed by atoms with van der Waals surface area (Å²) < 4.78 is 10.9. The van der Waals surface area contributed by atoms with Crippen LogP contribution in [0.5, 0.6) is 5.75 Å².